The van der Waals surface area contributed by atoms with Crippen LogP contribution in [0.3, 0.4) is 0 Å². The lowest BCUT2D eigenvalue weighted by Crippen LogP contribution is -2.46. The number of nitrogens with zero attached hydrogens (tertiary/aromatic N) is 6. The summed E-state index contributed by atoms with van der Waals surface area (Å²) in [5.74, 6) is 1.76. The van der Waals surface area contributed by atoms with Crippen LogP contribution in [-0.4, -0.2) is 66.6 Å². The molecule has 0 amide bonds. The predicted octanol–water partition coefficient (Wildman–Crippen LogP) is 6.27. The average Bonchev–Trinajstić information content (AvgIpc) is 3.51. The molecule has 39 heavy (non-hydrogen) atoms. The Morgan fingerprint density at radius 3 is 2.74 bits per heavy atom. The Balaban J connectivity index is 1.23. The lowest BCUT2D eigenvalue weighted by molar-refractivity contribution is -0.151. The van der Waals surface area contributed by atoms with Crippen molar-refractivity contribution in [3.8, 4) is 22.8 Å². The van der Waals surface area contributed by atoms with Gasteiger partial charge in [-0.1, -0.05) is 11.6 Å². The summed E-state index contributed by atoms with van der Waals surface area (Å²) >= 11 is 6.68. The lowest BCUT2D eigenvalue weighted by atomic mass is 10.0. The van der Waals surface area contributed by atoms with Crippen molar-refractivity contribution in [1.82, 2.24) is 34.6 Å². The number of aromatic amines is 1. The van der Waals surface area contributed by atoms with Crippen LogP contribution in [-0.2, 0) is 0 Å². The molecule has 1 aliphatic heterocycles. The highest BCUT2D eigenvalue weighted by molar-refractivity contribution is 6.36. The summed E-state index contributed by atoms with van der Waals surface area (Å²) in [4.78, 5) is 17.7. The van der Waals surface area contributed by atoms with Gasteiger partial charge >= 0.3 is 6.18 Å². The molecule has 4 heterocycles. The number of benzene rings is 2. The zero-order valence-corrected chi connectivity index (χ0v) is 21.3. The number of fused-ring (bicyclic) bond motifs is 2. The number of alkyl halides is 4. The first-order valence-electron chi connectivity index (χ1n) is 12.2. The summed E-state index contributed by atoms with van der Waals surface area (Å²) in [6, 6.07) is 8.27. The zero-order valence-electron chi connectivity index (χ0n) is 20.6. The van der Waals surface area contributed by atoms with Crippen molar-refractivity contribution in [2.45, 2.75) is 31.7 Å². The predicted molar refractivity (Wildman–Crippen MR) is 138 cm³/mol. The van der Waals surface area contributed by atoms with Gasteiger partial charge in [-0.2, -0.15) is 18.3 Å². The minimum Gasteiger partial charge on any atom is -0.456 e. The van der Waals surface area contributed by atoms with Crippen LogP contribution in [0.25, 0.3) is 33.3 Å². The highest BCUT2D eigenvalue weighted by atomic mass is 35.5. The molecule has 6 rings (SSSR count). The minimum absolute atomic E-state index is 0.126. The third-order valence-corrected chi connectivity index (χ3v) is 7.01. The van der Waals surface area contributed by atoms with Crippen LogP contribution >= 0.6 is 11.6 Å². The quantitative estimate of drug-likeness (QED) is 0.255. The molecule has 202 valence electrons. The van der Waals surface area contributed by atoms with Gasteiger partial charge in [0.15, 0.2) is 0 Å². The number of nitrogens with one attached hydrogen (secondary N) is 1. The van der Waals surface area contributed by atoms with E-state index in [0.29, 0.717) is 33.8 Å². The van der Waals surface area contributed by atoms with Crippen molar-refractivity contribution in [1.29, 1.82) is 0 Å². The van der Waals surface area contributed by atoms with Crippen molar-refractivity contribution < 1.29 is 22.3 Å². The average molecular weight is 560 g/mol. The van der Waals surface area contributed by atoms with Gasteiger partial charge in [-0.25, -0.2) is 14.4 Å². The van der Waals surface area contributed by atoms with Crippen LogP contribution in [0.15, 0.2) is 48.9 Å². The summed E-state index contributed by atoms with van der Waals surface area (Å²) in [5, 5.41) is 4.55. The second-order valence-electron chi connectivity index (χ2n) is 9.54. The standard InChI is InChI=1S/C26H22ClF4N7O/c1-14-34-18-3-2-16(8-20(18)35-14)39-23-5-4-19-25(24(23)27)36-21(10-32-19)15-9-33-38(11-15)22-6-7-37(12-17(22)28)13-26(29,30)31/h2-5,8-11,17,22H,6-7,12-13H2,1H3,(H,34,35)/t17-,22-/m0/s1. The molecule has 0 radical (unpaired) electrons. The van der Waals surface area contributed by atoms with E-state index in [1.54, 1.807) is 30.6 Å². The van der Waals surface area contributed by atoms with E-state index < -0.39 is 24.9 Å². The van der Waals surface area contributed by atoms with Gasteiger partial charge in [0.25, 0.3) is 0 Å². The number of H-pyrrole nitrogens is 1. The SMILES string of the molecule is Cc1nc2ccc(Oc3ccc4ncc(-c5cnn([C@H]6CCN(CC(F)(F)F)C[C@@H]6F)c5)nc4c3Cl)cc2[nH]1. The summed E-state index contributed by atoms with van der Waals surface area (Å²) in [6.07, 6.45) is -0.927. The number of aromatic nitrogens is 6. The molecule has 8 nitrogen and oxygen atoms in total. The molecule has 0 saturated carbocycles. The number of likely N-dealkylation sites (tertiary alicyclic amines) is 1. The van der Waals surface area contributed by atoms with Crippen molar-refractivity contribution in [3.63, 3.8) is 0 Å². The van der Waals surface area contributed by atoms with Gasteiger partial charge in [0.2, 0.25) is 0 Å². The molecule has 1 saturated heterocycles. The molecule has 0 bridgehead atoms. The first-order chi connectivity index (χ1) is 18.6. The Hall–Kier alpha value is -3.77. The molecule has 0 unspecified atom stereocenters. The third-order valence-electron chi connectivity index (χ3n) is 6.65. The molecule has 3 aromatic heterocycles. The Kier molecular flexibility index (Phi) is 6.38. The number of ether oxygens (including phenoxy) is 1. The Labute approximate surface area is 224 Å². The van der Waals surface area contributed by atoms with E-state index >= 15 is 0 Å². The molecule has 2 aromatic carbocycles. The van der Waals surface area contributed by atoms with E-state index in [4.69, 9.17) is 16.3 Å². The first-order valence-corrected chi connectivity index (χ1v) is 12.6. The highest BCUT2D eigenvalue weighted by Gasteiger charge is 2.37. The molecular formula is C26H22ClF4N7O. The van der Waals surface area contributed by atoms with Crippen molar-refractivity contribution in [3.05, 3.63) is 59.8 Å². The number of hydrogen-bond donors (Lipinski definition) is 1. The molecule has 1 N–H and O–H groups in total. The van der Waals surface area contributed by atoms with Crippen LogP contribution in [0.2, 0.25) is 5.02 Å². The first kappa shape index (κ1) is 25.5. The van der Waals surface area contributed by atoms with Gasteiger partial charge < -0.3 is 9.72 Å². The van der Waals surface area contributed by atoms with Crippen molar-refractivity contribution >= 4 is 33.7 Å². The van der Waals surface area contributed by atoms with E-state index in [-0.39, 0.29) is 24.5 Å². The monoisotopic (exact) mass is 559 g/mol. The molecule has 0 aliphatic carbocycles. The number of hydrogen-bond acceptors (Lipinski definition) is 6. The van der Waals surface area contributed by atoms with Gasteiger partial charge in [0.1, 0.15) is 34.0 Å². The van der Waals surface area contributed by atoms with Crippen LogP contribution < -0.4 is 4.74 Å². The van der Waals surface area contributed by atoms with Crippen molar-refractivity contribution in [2.24, 2.45) is 0 Å². The third kappa shape index (κ3) is 5.26. The number of aryl methyl sites for hydroxylation is 1. The maximum atomic E-state index is 14.8. The molecule has 5 aromatic rings. The Morgan fingerprint density at radius 1 is 1.13 bits per heavy atom. The fourth-order valence-corrected chi connectivity index (χ4v) is 5.09. The van der Waals surface area contributed by atoms with Gasteiger partial charge in [-0.3, -0.25) is 14.6 Å². The molecule has 1 fully saturated rings. The van der Waals surface area contributed by atoms with E-state index in [2.05, 4.69) is 25.0 Å². The largest absolute Gasteiger partial charge is 0.456 e. The highest BCUT2D eigenvalue weighted by Crippen LogP contribution is 2.36. The smallest absolute Gasteiger partial charge is 0.401 e. The van der Waals surface area contributed by atoms with Crippen LogP contribution in [0, 0.1) is 6.92 Å². The fourth-order valence-electron chi connectivity index (χ4n) is 4.85. The van der Waals surface area contributed by atoms with E-state index in [0.717, 1.165) is 21.8 Å². The van der Waals surface area contributed by atoms with Crippen LogP contribution in [0.4, 0.5) is 17.6 Å². The van der Waals surface area contributed by atoms with Crippen LogP contribution in [0.5, 0.6) is 11.5 Å². The lowest BCUT2D eigenvalue weighted by Gasteiger charge is -2.34. The maximum absolute atomic E-state index is 14.8. The minimum atomic E-state index is -4.36. The number of rotatable bonds is 5. The Morgan fingerprint density at radius 2 is 1.95 bits per heavy atom. The zero-order chi connectivity index (χ0) is 27.3. The molecule has 1 aliphatic rings. The van der Waals surface area contributed by atoms with E-state index in [1.165, 1.54) is 10.9 Å². The molecular weight excluding hydrogens is 538 g/mol. The second kappa shape index (κ2) is 9.76. The molecule has 2 atom stereocenters. The normalized spacial score (nSPS) is 18.7. The molecule has 13 heteroatoms. The number of imidazole rings is 1. The van der Waals surface area contributed by atoms with Gasteiger partial charge in [0.05, 0.1) is 47.2 Å². The number of halogens is 5. The topological polar surface area (TPSA) is 84.8 Å². The van der Waals surface area contributed by atoms with Gasteiger partial charge in [0, 0.05) is 30.9 Å². The summed E-state index contributed by atoms with van der Waals surface area (Å²) in [6.45, 7) is 0.570. The van der Waals surface area contributed by atoms with Crippen molar-refractivity contribution in [2.75, 3.05) is 19.6 Å². The van der Waals surface area contributed by atoms with Gasteiger partial charge in [-0.05, 0) is 37.6 Å². The van der Waals surface area contributed by atoms with E-state index in [9.17, 15) is 17.6 Å². The maximum Gasteiger partial charge on any atom is 0.401 e. The molecule has 0 spiro atoms. The summed E-state index contributed by atoms with van der Waals surface area (Å²) in [5.41, 5.74) is 3.68. The van der Waals surface area contributed by atoms with Gasteiger partial charge in [-0.15, -0.1) is 0 Å². The fraction of sp³-hybridized carbons (Fsp3) is 0.308. The summed E-state index contributed by atoms with van der Waals surface area (Å²) in [7, 11) is 0. The second-order valence-corrected chi connectivity index (χ2v) is 9.91. The summed E-state index contributed by atoms with van der Waals surface area (Å²) < 4.78 is 60.4. The number of piperidine rings is 1. The van der Waals surface area contributed by atoms with Crippen LogP contribution in [0.1, 0.15) is 18.3 Å². The Bertz CT molecular complexity index is 1670. The van der Waals surface area contributed by atoms with E-state index in [1.807, 2.05) is 19.1 Å².